The summed E-state index contributed by atoms with van der Waals surface area (Å²) in [5, 5.41) is 13.1. The largest absolute Gasteiger partial charge is 0.492 e. The summed E-state index contributed by atoms with van der Waals surface area (Å²) < 4.78 is 5.51. The predicted octanol–water partition coefficient (Wildman–Crippen LogP) is 0.749. The lowest BCUT2D eigenvalue weighted by Gasteiger charge is -2.19. The summed E-state index contributed by atoms with van der Waals surface area (Å²) in [5.41, 5.74) is 2.78. The quantitative estimate of drug-likeness (QED) is 0.737. The smallest absolute Gasteiger partial charge is 0.423 e. The van der Waals surface area contributed by atoms with Crippen molar-refractivity contribution in [3.63, 3.8) is 0 Å². The highest BCUT2D eigenvalue weighted by Crippen LogP contribution is 2.29. The Morgan fingerprint density at radius 3 is 2.88 bits per heavy atom. The van der Waals surface area contributed by atoms with Crippen LogP contribution in [-0.2, 0) is 16.8 Å². The molecule has 1 aliphatic heterocycles. The van der Waals surface area contributed by atoms with Crippen molar-refractivity contribution in [2.75, 3.05) is 6.54 Å². The summed E-state index contributed by atoms with van der Waals surface area (Å²) in [6, 6.07) is 6.17. The molecule has 0 saturated carbocycles. The van der Waals surface area contributed by atoms with E-state index in [0.29, 0.717) is 0 Å². The van der Waals surface area contributed by atoms with E-state index in [1.54, 1.807) is 0 Å². The first kappa shape index (κ1) is 11.6. The molecule has 0 radical (unpaired) electrons. The van der Waals surface area contributed by atoms with E-state index in [2.05, 4.69) is 24.4 Å². The van der Waals surface area contributed by atoms with Gasteiger partial charge in [0.05, 0.1) is 5.60 Å². The van der Waals surface area contributed by atoms with Gasteiger partial charge in [0.1, 0.15) is 0 Å². The van der Waals surface area contributed by atoms with Gasteiger partial charge in [-0.2, -0.15) is 0 Å². The zero-order valence-corrected chi connectivity index (χ0v) is 10.1. The molecule has 3 nitrogen and oxygen atoms in total. The highest BCUT2D eigenvalue weighted by Gasteiger charge is 2.40. The van der Waals surface area contributed by atoms with Gasteiger partial charge in [0.25, 0.3) is 0 Å². The zero-order valence-electron chi connectivity index (χ0n) is 10.1. The number of fused-ring (bicyclic) bond motifs is 1. The van der Waals surface area contributed by atoms with Crippen LogP contribution in [0.1, 0.15) is 31.9 Å². The summed E-state index contributed by atoms with van der Waals surface area (Å²) in [6.45, 7) is 7.81. The van der Waals surface area contributed by atoms with Crippen molar-refractivity contribution in [2.24, 2.45) is 0 Å². The number of benzene rings is 1. The molecule has 1 aromatic carbocycles. The molecule has 0 amide bonds. The Labute approximate surface area is 97.0 Å². The van der Waals surface area contributed by atoms with Crippen LogP contribution >= 0.6 is 0 Å². The van der Waals surface area contributed by atoms with Crippen LogP contribution in [0.2, 0.25) is 0 Å². The molecule has 4 heteroatoms. The molecule has 2 N–H and O–H groups in total. The summed E-state index contributed by atoms with van der Waals surface area (Å²) in [4.78, 5) is 0. The third kappa shape index (κ3) is 2.01. The van der Waals surface area contributed by atoms with Crippen LogP contribution in [0, 0.1) is 0 Å². The molecule has 0 saturated heterocycles. The maximum Gasteiger partial charge on any atom is 0.492 e. The van der Waals surface area contributed by atoms with Crippen molar-refractivity contribution in [3.8, 4) is 0 Å². The van der Waals surface area contributed by atoms with Crippen LogP contribution in [0.5, 0.6) is 0 Å². The summed E-state index contributed by atoms with van der Waals surface area (Å²) in [5.74, 6) is 0. The minimum Gasteiger partial charge on any atom is -0.423 e. The van der Waals surface area contributed by atoms with Crippen molar-refractivity contribution in [1.82, 2.24) is 5.32 Å². The van der Waals surface area contributed by atoms with Gasteiger partial charge in [0.15, 0.2) is 0 Å². The SMILES string of the molecule is CCNCc1ccc2c(c1)B(O)OC2(C)C. The second-order valence-electron chi connectivity index (χ2n) is 4.68. The van der Waals surface area contributed by atoms with Gasteiger partial charge in [0.2, 0.25) is 0 Å². The van der Waals surface area contributed by atoms with Gasteiger partial charge < -0.3 is 15.0 Å². The van der Waals surface area contributed by atoms with E-state index in [-0.39, 0.29) is 5.60 Å². The molecular weight excluding hydrogens is 201 g/mol. The van der Waals surface area contributed by atoms with Crippen LogP contribution in [0.15, 0.2) is 18.2 Å². The van der Waals surface area contributed by atoms with Crippen LogP contribution in [0.4, 0.5) is 0 Å². The number of hydrogen-bond donors (Lipinski definition) is 2. The Morgan fingerprint density at radius 1 is 1.44 bits per heavy atom. The molecule has 0 spiro atoms. The lowest BCUT2D eigenvalue weighted by atomic mass is 9.77. The van der Waals surface area contributed by atoms with Gasteiger partial charge in [-0.3, -0.25) is 0 Å². The molecule has 0 aromatic heterocycles. The molecule has 16 heavy (non-hydrogen) atoms. The Morgan fingerprint density at radius 2 is 2.19 bits per heavy atom. The van der Waals surface area contributed by atoms with E-state index in [4.69, 9.17) is 4.65 Å². The van der Waals surface area contributed by atoms with Crippen LogP contribution in [0.3, 0.4) is 0 Å². The molecule has 86 valence electrons. The predicted molar refractivity (Wildman–Crippen MR) is 65.5 cm³/mol. The molecular formula is C12H18BNO2. The highest BCUT2D eigenvalue weighted by molar-refractivity contribution is 6.62. The number of rotatable bonds is 3. The van der Waals surface area contributed by atoms with Gasteiger partial charge in [-0.25, -0.2) is 0 Å². The molecule has 0 atom stereocenters. The van der Waals surface area contributed by atoms with E-state index in [9.17, 15) is 5.02 Å². The fourth-order valence-electron chi connectivity index (χ4n) is 2.15. The van der Waals surface area contributed by atoms with Crippen molar-refractivity contribution in [1.29, 1.82) is 0 Å². The maximum atomic E-state index is 9.82. The van der Waals surface area contributed by atoms with Gasteiger partial charge in [-0.05, 0) is 37.0 Å². The zero-order chi connectivity index (χ0) is 11.8. The fraction of sp³-hybridized carbons (Fsp3) is 0.500. The molecule has 1 aromatic rings. The monoisotopic (exact) mass is 219 g/mol. The Hall–Kier alpha value is -0.835. The van der Waals surface area contributed by atoms with Gasteiger partial charge in [-0.1, -0.05) is 25.1 Å². The van der Waals surface area contributed by atoms with Crippen LogP contribution in [0.25, 0.3) is 0 Å². The van der Waals surface area contributed by atoms with E-state index in [1.165, 1.54) is 5.56 Å². The molecule has 0 unspecified atom stereocenters. The van der Waals surface area contributed by atoms with E-state index < -0.39 is 7.12 Å². The first-order chi connectivity index (χ1) is 7.54. The standard InChI is InChI=1S/C12H18BNO2/c1-4-14-8-9-5-6-10-11(7-9)13(15)16-12(10,2)3/h5-7,14-15H,4,8H2,1-3H3. The van der Waals surface area contributed by atoms with Crippen molar-refractivity contribution < 1.29 is 9.68 Å². The molecule has 1 aliphatic rings. The average molecular weight is 219 g/mol. The summed E-state index contributed by atoms with van der Waals surface area (Å²) in [6.07, 6.45) is 0. The third-order valence-corrected chi connectivity index (χ3v) is 3.02. The maximum absolute atomic E-state index is 9.82. The lowest BCUT2D eigenvalue weighted by Crippen LogP contribution is -2.29. The minimum absolute atomic E-state index is 0.383. The lowest BCUT2D eigenvalue weighted by molar-refractivity contribution is 0.101. The van der Waals surface area contributed by atoms with E-state index in [1.807, 2.05) is 19.9 Å². The molecule has 0 aliphatic carbocycles. The van der Waals surface area contributed by atoms with Crippen LogP contribution in [-0.4, -0.2) is 18.7 Å². The molecule has 0 bridgehead atoms. The summed E-state index contributed by atoms with van der Waals surface area (Å²) in [7, 11) is -0.786. The van der Waals surface area contributed by atoms with Crippen molar-refractivity contribution >= 4 is 12.6 Å². The van der Waals surface area contributed by atoms with E-state index in [0.717, 1.165) is 24.1 Å². The van der Waals surface area contributed by atoms with Crippen molar-refractivity contribution in [2.45, 2.75) is 32.9 Å². The highest BCUT2D eigenvalue weighted by atomic mass is 16.5. The second-order valence-corrected chi connectivity index (χ2v) is 4.68. The van der Waals surface area contributed by atoms with Gasteiger partial charge >= 0.3 is 7.12 Å². The van der Waals surface area contributed by atoms with E-state index >= 15 is 0 Å². The van der Waals surface area contributed by atoms with Gasteiger partial charge in [0, 0.05) is 6.54 Å². The third-order valence-electron chi connectivity index (χ3n) is 3.02. The molecule has 1 heterocycles. The Balaban J connectivity index is 2.29. The fourth-order valence-corrected chi connectivity index (χ4v) is 2.15. The van der Waals surface area contributed by atoms with Crippen molar-refractivity contribution in [3.05, 3.63) is 29.3 Å². The minimum atomic E-state index is -0.786. The van der Waals surface area contributed by atoms with Crippen LogP contribution < -0.4 is 10.8 Å². The number of hydrogen-bond acceptors (Lipinski definition) is 3. The molecule has 0 fully saturated rings. The van der Waals surface area contributed by atoms with Gasteiger partial charge in [-0.15, -0.1) is 0 Å². The Bertz CT molecular complexity index is 393. The summed E-state index contributed by atoms with van der Waals surface area (Å²) >= 11 is 0. The first-order valence-electron chi connectivity index (χ1n) is 5.74. The number of nitrogens with one attached hydrogen (secondary N) is 1. The normalized spacial score (nSPS) is 17.6. The molecule has 2 rings (SSSR count). The Kier molecular flexibility index (Phi) is 3.06. The first-order valence-corrected chi connectivity index (χ1v) is 5.74. The topological polar surface area (TPSA) is 41.5 Å². The average Bonchev–Trinajstić information content (AvgIpc) is 2.46. The second kappa shape index (κ2) is 4.20.